The topological polar surface area (TPSA) is 113 Å². The van der Waals surface area contributed by atoms with E-state index in [9.17, 15) is 19.1 Å². The summed E-state index contributed by atoms with van der Waals surface area (Å²) in [5, 5.41) is 15.5. The molecule has 1 atom stereocenters. The monoisotopic (exact) mass is 484 g/mol. The second kappa shape index (κ2) is 11.6. The number of halogens is 1. The molecule has 2 aliphatic rings. The number of nitrogens with zero attached hydrogens (tertiary/aromatic N) is 2. The number of nitrogens with one attached hydrogen (secondary N) is 2. The maximum Gasteiger partial charge on any atom is 0.326 e. The normalized spacial score (nSPS) is 16.6. The molecule has 3 heterocycles. The van der Waals surface area contributed by atoms with Crippen molar-refractivity contribution in [2.75, 3.05) is 25.1 Å². The zero-order chi connectivity index (χ0) is 24.7. The van der Waals surface area contributed by atoms with E-state index in [1.165, 1.54) is 11.8 Å². The highest BCUT2D eigenvalue weighted by Crippen LogP contribution is 2.49. The van der Waals surface area contributed by atoms with Crippen LogP contribution in [-0.4, -0.2) is 52.8 Å². The first-order valence-corrected chi connectivity index (χ1v) is 12.4. The number of hydrogen-bond acceptors (Lipinski definition) is 6. The highest BCUT2D eigenvalue weighted by Gasteiger charge is 2.54. The number of rotatable bonds is 13. The van der Waals surface area contributed by atoms with E-state index in [2.05, 4.69) is 27.8 Å². The SMILES string of the molecule is O=C(O)C(CCOCCCCc1ccc2c(n1)NCCC2)NC(=O)C1(c2ncccc2CF)CC1. The largest absolute Gasteiger partial charge is 0.480 e. The molecule has 1 aliphatic carbocycles. The molecule has 1 saturated carbocycles. The molecular weight excluding hydrogens is 451 g/mol. The number of alkyl halides is 1. The summed E-state index contributed by atoms with van der Waals surface area (Å²) in [5.74, 6) is -0.523. The number of carboxylic acid groups (broad SMARTS) is 1. The predicted octanol–water partition coefficient (Wildman–Crippen LogP) is 3.33. The van der Waals surface area contributed by atoms with Gasteiger partial charge in [0.2, 0.25) is 5.91 Å². The smallest absolute Gasteiger partial charge is 0.326 e. The number of aromatic nitrogens is 2. The molecule has 0 spiro atoms. The molecule has 1 amide bonds. The summed E-state index contributed by atoms with van der Waals surface area (Å²) in [4.78, 5) is 33.5. The molecule has 4 rings (SSSR count). The van der Waals surface area contributed by atoms with Crippen LogP contribution < -0.4 is 10.6 Å². The van der Waals surface area contributed by atoms with Crippen molar-refractivity contribution in [3.8, 4) is 0 Å². The molecule has 8 nitrogen and oxygen atoms in total. The highest BCUT2D eigenvalue weighted by atomic mass is 19.1. The van der Waals surface area contributed by atoms with Crippen LogP contribution in [0.3, 0.4) is 0 Å². The van der Waals surface area contributed by atoms with Crippen molar-refractivity contribution in [3.63, 3.8) is 0 Å². The number of pyridine rings is 2. The molecule has 1 fully saturated rings. The van der Waals surface area contributed by atoms with Gasteiger partial charge in [-0.3, -0.25) is 9.78 Å². The van der Waals surface area contributed by atoms with Crippen molar-refractivity contribution >= 4 is 17.7 Å². The molecule has 1 aliphatic heterocycles. The third-order valence-electron chi connectivity index (χ3n) is 6.75. The standard InChI is InChI=1S/C26H33FN4O4/c27-17-19-6-4-13-28-22(19)26(11-12-26)25(34)31-21(24(32)33)10-16-35-15-2-1-7-20-9-8-18-5-3-14-29-23(18)30-20/h4,6,8-9,13,21H,1-3,5,7,10-12,14-17H2,(H,29,30)(H,31,34)(H,32,33). The molecular formula is C26H33FN4O4. The van der Waals surface area contributed by atoms with Crippen LogP contribution in [0.1, 0.15) is 61.0 Å². The van der Waals surface area contributed by atoms with Gasteiger partial charge in [0.15, 0.2) is 0 Å². The van der Waals surface area contributed by atoms with Gasteiger partial charge in [-0.25, -0.2) is 14.2 Å². The second-order valence-corrected chi connectivity index (χ2v) is 9.29. The van der Waals surface area contributed by atoms with E-state index in [1.54, 1.807) is 12.1 Å². The van der Waals surface area contributed by atoms with Crippen molar-refractivity contribution < 1.29 is 23.8 Å². The first-order valence-electron chi connectivity index (χ1n) is 12.4. The van der Waals surface area contributed by atoms with Gasteiger partial charge >= 0.3 is 5.97 Å². The van der Waals surface area contributed by atoms with E-state index < -0.39 is 30.0 Å². The Kier molecular flexibility index (Phi) is 8.28. The number of unbranched alkanes of at least 4 members (excludes halogenated alkanes) is 1. The summed E-state index contributed by atoms with van der Waals surface area (Å²) in [6.07, 6.45) is 7.59. The van der Waals surface area contributed by atoms with Gasteiger partial charge in [-0.05, 0) is 62.6 Å². The fourth-order valence-electron chi connectivity index (χ4n) is 4.55. The third kappa shape index (κ3) is 6.14. The Balaban J connectivity index is 1.18. The zero-order valence-corrected chi connectivity index (χ0v) is 19.9. The van der Waals surface area contributed by atoms with Crippen molar-refractivity contribution in [1.29, 1.82) is 0 Å². The first-order chi connectivity index (χ1) is 17.0. The number of hydrogen-bond donors (Lipinski definition) is 3. The van der Waals surface area contributed by atoms with Gasteiger partial charge in [0.05, 0.1) is 11.1 Å². The Labute approximate surface area is 204 Å². The lowest BCUT2D eigenvalue weighted by molar-refractivity contribution is -0.142. The van der Waals surface area contributed by atoms with Gasteiger partial charge in [-0.2, -0.15) is 0 Å². The first kappa shape index (κ1) is 25.0. The van der Waals surface area contributed by atoms with E-state index in [0.29, 0.717) is 30.7 Å². The van der Waals surface area contributed by atoms with Crippen molar-refractivity contribution in [3.05, 3.63) is 53.0 Å². The number of aryl methyl sites for hydroxylation is 2. The van der Waals surface area contributed by atoms with Crippen molar-refractivity contribution in [1.82, 2.24) is 15.3 Å². The number of fused-ring (bicyclic) bond motifs is 1. The Morgan fingerprint density at radius 1 is 1.23 bits per heavy atom. The lowest BCUT2D eigenvalue weighted by atomic mass is 9.95. The number of aliphatic carboxylic acids is 1. The van der Waals surface area contributed by atoms with Gasteiger partial charge < -0.3 is 20.5 Å². The van der Waals surface area contributed by atoms with Gasteiger partial charge in [0.1, 0.15) is 18.5 Å². The number of ether oxygens (including phenoxy) is 1. The lowest BCUT2D eigenvalue weighted by Crippen LogP contribution is -2.46. The number of amides is 1. The number of carbonyl (C=O) groups is 2. The maximum atomic E-state index is 13.4. The second-order valence-electron chi connectivity index (χ2n) is 9.29. The summed E-state index contributed by atoms with van der Waals surface area (Å²) in [6, 6.07) is 6.41. The Morgan fingerprint density at radius 2 is 2.09 bits per heavy atom. The quantitative estimate of drug-likeness (QED) is 0.374. The van der Waals surface area contributed by atoms with Gasteiger partial charge in [0, 0.05) is 43.6 Å². The Hall–Kier alpha value is -3.07. The van der Waals surface area contributed by atoms with Crippen molar-refractivity contribution in [2.24, 2.45) is 0 Å². The molecule has 0 aromatic carbocycles. The van der Waals surface area contributed by atoms with E-state index in [4.69, 9.17) is 9.72 Å². The van der Waals surface area contributed by atoms with Gasteiger partial charge in [-0.15, -0.1) is 0 Å². The molecule has 9 heteroatoms. The fraction of sp³-hybridized carbons (Fsp3) is 0.538. The van der Waals surface area contributed by atoms with Crippen molar-refractivity contribution in [2.45, 2.75) is 69.5 Å². The molecule has 3 N–H and O–H groups in total. The summed E-state index contributed by atoms with van der Waals surface area (Å²) >= 11 is 0. The molecule has 2 aromatic heterocycles. The van der Waals surface area contributed by atoms with E-state index >= 15 is 0 Å². The average molecular weight is 485 g/mol. The van der Waals surface area contributed by atoms with Gasteiger partial charge in [-0.1, -0.05) is 12.1 Å². The van der Waals surface area contributed by atoms with Crippen LogP contribution >= 0.6 is 0 Å². The molecule has 0 saturated heterocycles. The average Bonchev–Trinajstić information content (AvgIpc) is 3.69. The molecule has 0 bridgehead atoms. The van der Waals surface area contributed by atoms with Crippen LogP contribution in [0.5, 0.6) is 0 Å². The highest BCUT2D eigenvalue weighted by molar-refractivity contribution is 5.93. The Bertz CT molecular complexity index is 1040. The molecule has 1 unspecified atom stereocenters. The van der Waals surface area contributed by atoms with Crippen LogP contribution in [0.15, 0.2) is 30.5 Å². The van der Waals surface area contributed by atoms with Crippen LogP contribution in [0.2, 0.25) is 0 Å². The van der Waals surface area contributed by atoms with Gasteiger partial charge in [0.25, 0.3) is 0 Å². The fourth-order valence-corrected chi connectivity index (χ4v) is 4.55. The van der Waals surface area contributed by atoms with Crippen LogP contribution in [-0.2, 0) is 39.3 Å². The minimum atomic E-state index is -1.11. The number of carbonyl (C=O) groups excluding carboxylic acids is 1. The summed E-state index contributed by atoms with van der Waals surface area (Å²) < 4.78 is 19.0. The minimum Gasteiger partial charge on any atom is -0.480 e. The third-order valence-corrected chi connectivity index (χ3v) is 6.75. The van der Waals surface area contributed by atoms with E-state index in [-0.39, 0.29) is 13.0 Å². The van der Waals surface area contributed by atoms with Crippen LogP contribution in [0.4, 0.5) is 10.2 Å². The molecule has 188 valence electrons. The summed E-state index contributed by atoms with van der Waals surface area (Å²) in [7, 11) is 0. The summed E-state index contributed by atoms with van der Waals surface area (Å²) in [6.45, 7) is 0.998. The minimum absolute atomic E-state index is 0.160. The Morgan fingerprint density at radius 3 is 2.86 bits per heavy atom. The molecule has 2 aromatic rings. The predicted molar refractivity (Wildman–Crippen MR) is 129 cm³/mol. The maximum absolute atomic E-state index is 13.4. The van der Waals surface area contributed by atoms with Crippen LogP contribution in [0.25, 0.3) is 0 Å². The molecule has 35 heavy (non-hydrogen) atoms. The summed E-state index contributed by atoms with van der Waals surface area (Å²) in [5.41, 5.74) is 2.18. The number of carboxylic acids is 1. The lowest BCUT2D eigenvalue weighted by Gasteiger charge is -2.21. The van der Waals surface area contributed by atoms with E-state index in [0.717, 1.165) is 50.2 Å². The number of anilines is 1. The zero-order valence-electron chi connectivity index (χ0n) is 19.9. The van der Waals surface area contributed by atoms with Crippen LogP contribution in [0, 0.1) is 0 Å². The van der Waals surface area contributed by atoms with E-state index in [1.807, 2.05) is 0 Å². The molecule has 0 radical (unpaired) electrons.